The molecule has 25 heavy (non-hydrogen) atoms. The second-order valence-electron chi connectivity index (χ2n) is 6.51. The highest BCUT2D eigenvalue weighted by molar-refractivity contribution is 5.95. The third kappa shape index (κ3) is 2.70. The van der Waals surface area contributed by atoms with Crippen LogP contribution in [0.5, 0.6) is 0 Å². The van der Waals surface area contributed by atoms with E-state index < -0.39 is 0 Å². The Morgan fingerprint density at radius 3 is 2.24 bits per heavy atom. The quantitative estimate of drug-likeness (QED) is 0.473. The summed E-state index contributed by atoms with van der Waals surface area (Å²) < 4.78 is 2.20. The first-order valence-corrected chi connectivity index (χ1v) is 8.56. The molecule has 122 valence electrons. The predicted molar refractivity (Wildman–Crippen MR) is 103 cm³/mol. The lowest BCUT2D eigenvalue weighted by molar-refractivity contribution is -0.660. The summed E-state index contributed by atoms with van der Waals surface area (Å²) in [6.07, 6.45) is 2.14. The molecule has 4 rings (SSSR count). The molecule has 0 fully saturated rings. The fraction of sp³-hybridized carbons (Fsp3) is 0.130. The highest BCUT2D eigenvalue weighted by Gasteiger charge is 2.19. The van der Waals surface area contributed by atoms with Crippen LogP contribution in [0.3, 0.4) is 0 Å². The van der Waals surface area contributed by atoms with Gasteiger partial charge in [-0.2, -0.15) is 4.57 Å². The minimum atomic E-state index is 1.01. The lowest BCUT2D eigenvalue weighted by Crippen LogP contribution is -2.33. The van der Waals surface area contributed by atoms with Crippen molar-refractivity contribution >= 4 is 10.8 Å². The molecule has 0 radical (unpaired) electrons. The zero-order valence-electron chi connectivity index (χ0n) is 14.8. The van der Waals surface area contributed by atoms with Crippen molar-refractivity contribution in [3.05, 3.63) is 84.2 Å². The SMILES string of the molecule is Cc1ccccc1-c1c(C)nc(-c2cccc3ccccc23)c[n+]1C. The van der Waals surface area contributed by atoms with Crippen molar-refractivity contribution in [1.82, 2.24) is 4.98 Å². The Kier molecular flexibility index (Phi) is 3.81. The van der Waals surface area contributed by atoms with Gasteiger partial charge in [0.05, 0.1) is 5.56 Å². The van der Waals surface area contributed by atoms with E-state index in [2.05, 4.69) is 98.4 Å². The largest absolute Gasteiger partial charge is 0.240 e. The van der Waals surface area contributed by atoms with E-state index in [1.165, 1.54) is 33.2 Å². The Balaban J connectivity index is 1.93. The zero-order valence-corrected chi connectivity index (χ0v) is 14.8. The van der Waals surface area contributed by atoms with Crippen molar-refractivity contribution in [2.45, 2.75) is 13.8 Å². The molecule has 1 aromatic heterocycles. The smallest absolute Gasteiger partial charge is 0.233 e. The Labute approximate surface area is 148 Å². The number of fused-ring (bicyclic) bond motifs is 1. The predicted octanol–water partition coefficient (Wildman–Crippen LogP) is 5.01. The van der Waals surface area contributed by atoms with E-state index in [4.69, 9.17) is 4.98 Å². The second kappa shape index (κ2) is 6.14. The summed E-state index contributed by atoms with van der Waals surface area (Å²) in [5.74, 6) is 0. The molecule has 0 N–H and O–H groups in total. The molecule has 0 atom stereocenters. The van der Waals surface area contributed by atoms with Crippen molar-refractivity contribution in [2.75, 3.05) is 0 Å². The Morgan fingerprint density at radius 2 is 1.44 bits per heavy atom. The maximum absolute atomic E-state index is 4.95. The normalized spacial score (nSPS) is 11.0. The minimum Gasteiger partial charge on any atom is -0.240 e. The molecule has 0 amide bonds. The van der Waals surface area contributed by atoms with Gasteiger partial charge < -0.3 is 0 Å². The van der Waals surface area contributed by atoms with Gasteiger partial charge in [0.1, 0.15) is 18.4 Å². The molecule has 4 aromatic rings. The molecule has 0 aliphatic heterocycles. The Morgan fingerprint density at radius 1 is 0.760 bits per heavy atom. The van der Waals surface area contributed by atoms with Crippen molar-refractivity contribution < 1.29 is 4.57 Å². The summed E-state index contributed by atoms with van der Waals surface area (Å²) in [5, 5.41) is 2.48. The number of nitrogens with zero attached hydrogens (tertiary/aromatic N) is 2. The molecule has 0 saturated heterocycles. The van der Waals surface area contributed by atoms with Crippen molar-refractivity contribution in [3.63, 3.8) is 0 Å². The number of hydrogen-bond acceptors (Lipinski definition) is 1. The number of aromatic nitrogens is 2. The Bertz CT molecular complexity index is 1050. The molecule has 1 heterocycles. The fourth-order valence-corrected chi connectivity index (χ4v) is 3.57. The fourth-order valence-electron chi connectivity index (χ4n) is 3.57. The first-order valence-electron chi connectivity index (χ1n) is 8.56. The number of rotatable bonds is 2. The van der Waals surface area contributed by atoms with Crippen molar-refractivity contribution in [2.24, 2.45) is 7.05 Å². The summed E-state index contributed by atoms with van der Waals surface area (Å²) in [6.45, 7) is 4.24. The van der Waals surface area contributed by atoms with Crippen LogP contribution in [0.4, 0.5) is 0 Å². The van der Waals surface area contributed by atoms with Crippen LogP contribution in [-0.4, -0.2) is 4.98 Å². The van der Waals surface area contributed by atoms with Crippen LogP contribution >= 0.6 is 0 Å². The van der Waals surface area contributed by atoms with E-state index in [1.54, 1.807) is 0 Å². The van der Waals surface area contributed by atoms with E-state index >= 15 is 0 Å². The van der Waals surface area contributed by atoms with Gasteiger partial charge in [0.15, 0.2) is 6.20 Å². The molecule has 0 bridgehead atoms. The van der Waals surface area contributed by atoms with E-state index in [-0.39, 0.29) is 0 Å². The van der Waals surface area contributed by atoms with Crippen LogP contribution in [0, 0.1) is 13.8 Å². The third-order valence-corrected chi connectivity index (χ3v) is 4.77. The summed E-state index contributed by atoms with van der Waals surface area (Å²) in [7, 11) is 2.10. The molecule has 0 aliphatic rings. The molecule has 0 saturated carbocycles. The number of aryl methyl sites for hydroxylation is 3. The average Bonchev–Trinajstić information content (AvgIpc) is 2.62. The number of benzene rings is 3. The maximum Gasteiger partial charge on any atom is 0.233 e. The van der Waals surface area contributed by atoms with Gasteiger partial charge in [0.2, 0.25) is 5.69 Å². The number of hydrogen-bond donors (Lipinski definition) is 0. The highest BCUT2D eigenvalue weighted by atomic mass is 15.0. The van der Waals surface area contributed by atoms with Crippen LogP contribution < -0.4 is 4.57 Å². The van der Waals surface area contributed by atoms with Gasteiger partial charge in [-0.3, -0.25) is 0 Å². The minimum absolute atomic E-state index is 1.01. The van der Waals surface area contributed by atoms with Gasteiger partial charge in [-0.05, 0) is 36.2 Å². The highest BCUT2D eigenvalue weighted by Crippen LogP contribution is 2.29. The van der Waals surface area contributed by atoms with Gasteiger partial charge in [-0.1, -0.05) is 60.7 Å². The van der Waals surface area contributed by atoms with Crippen LogP contribution in [-0.2, 0) is 7.05 Å². The monoisotopic (exact) mass is 325 g/mol. The van der Waals surface area contributed by atoms with E-state index in [9.17, 15) is 0 Å². The molecular formula is C23H21N2+. The van der Waals surface area contributed by atoms with Gasteiger partial charge in [0.25, 0.3) is 0 Å². The summed E-state index contributed by atoms with van der Waals surface area (Å²) in [4.78, 5) is 4.95. The van der Waals surface area contributed by atoms with Crippen molar-refractivity contribution in [3.8, 4) is 22.5 Å². The van der Waals surface area contributed by atoms with Crippen LogP contribution in [0.2, 0.25) is 0 Å². The molecule has 2 nitrogen and oxygen atoms in total. The maximum atomic E-state index is 4.95. The topological polar surface area (TPSA) is 16.8 Å². The van der Waals surface area contributed by atoms with Crippen LogP contribution in [0.25, 0.3) is 33.3 Å². The van der Waals surface area contributed by atoms with Crippen molar-refractivity contribution in [1.29, 1.82) is 0 Å². The van der Waals surface area contributed by atoms with Gasteiger partial charge in [-0.25, -0.2) is 4.98 Å². The lowest BCUT2D eigenvalue weighted by Gasteiger charge is -2.10. The first kappa shape index (κ1) is 15.5. The van der Waals surface area contributed by atoms with Crippen LogP contribution in [0.1, 0.15) is 11.3 Å². The molecule has 0 aliphatic carbocycles. The molecular weight excluding hydrogens is 304 g/mol. The van der Waals surface area contributed by atoms with E-state index in [0.29, 0.717) is 0 Å². The third-order valence-electron chi connectivity index (χ3n) is 4.77. The molecule has 3 aromatic carbocycles. The summed E-state index contributed by atoms with van der Waals surface area (Å²) in [5.41, 5.74) is 6.90. The molecule has 0 unspecified atom stereocenters. The van der Waals surface area contributed by atoms with Crippen LogP contribution in [0.15, 0.2) is 72.9 Å². The van der Waals surface area contributed by atoms with Gasteiger partial charge in [0, 0.05) is 5.56 Å². The first-order chi connectivity index (χ1) is 12.1. The second-order valence-corrected chi connectivity index (χ2v) is 6.51. The summed E-state index contributed by atoms with van der Waals surface area (Å²) >= 11 is 0. The Hall–Kier alpha value is -3.00. The lowest BCUT2D eigenvalue weighted by atomic mass is 10.0. The summed E-state index contributed by atoms with van der Waals surface area (Å²) in [6, 6.07) is 23.3. The van der Waals surface area contributed by atoms with E-state index in [1.807, 2.05) is 0 Å². The van der Waals surface area contributed by atoms with E-state index in [0.717, 1.165) is 11.4 Å². The van der Waals surface area contributed by atoms with Gasteiger partial charge in [-0.15, -0.1) is 0 Å². The molecule has 2 heteroatoms. The van der Waals surface area contributed by atoms with Gasteiger partial charge >= 0.3 is 0 Å². The zero-order chi connectivity index (χ0) is 17.4. The average molecular weight is 325 g/mol. The molecule has 0 spiro atoms. The standard InChI is InChI=1S/C23H21N2/c1-16-9-4-6-12-19(16)23-17(2)24-22(15-25(23)3)21-14-8-11-18-10-5-7-13-20(18)21/h4-15H,1-3H3/q+1.